The minimum Gasteiger partial charge on any atom is -0.384 e. The molecule has 0 saturated carbocycles. The first-order valence-corrected chi connectivity index (χ1v) is 7.29. The third-order valence-corrected chi connectivity index (χ3v) is 3.29. The molecule has 0 amide bonds. The van der Waals surface area contributed by atoms with Gasteiger partial charge in [-0.25, -0.2) is 9.56 Å². The Labute approximate surface area is 115 Å². The second kappa shape index (κ2) is 5.65. The van der Waals surface area contributed by atoms with Crippen molar-refractivity contribution in [2.45, 2.75) is 25.1 Å². The van der Waals surface area contributed by atoms with E-state index in [4.69, 9.17) is 20.3 Å². The highest BCUT2D eigenvalue weighted by atomic mass is 31.2. The fraction of sp³-hybridized carbons (Fsp3) is 0.500. The zero-order valence-electron chi connectivity index (χ0n) is 10.5. The molecule has 5 N–H and O–H groups in total. The molecule has 2 aliphatic heterocycles. The number of amidine groups is 1. The lowest BCUT2D eigenvalue weighted by Crippen LogP contribution is -2.42. The average Bonchev–Trinajstić information content (AvgIpc) is 2.67. The molecule has 0 radical (unpaired) electrons. The van der Waals surface area contributed by atoms with E-state index in [0.29, 0.717) is 12.0 Å². The van der Waals surface area contributed by atoms with E-state index in [-0.39, 0.29) is 12.4 Å². The third kappa shape index (κ3) is 3.66. The van der Waals surface area contributed by atoms with Crippen molar-refractivity contribution < 1.29 is 28.7 Å². The van der Waals surface area contributed by atoms with E-state index in [1.54, 1.807) is 0 Å². The van der Waals surface area contributed by atoms with Gasteiger partial charge in [0.05, 0.1) is 12.7 Å². The largest absolute Gasteiger partial charge is 0.469 e. The molecule has 0 aliphatic carbocycles. The van der Waals surface area contributed by atoms with Crippen LogP contribution < -0.4 is 5.73 Å². The van der Waals surface area contributed by atoms with E-state index < -0.39 is 26.5 Å². The summed E-state index contributed by atoms with van der Waals surface area (Å²) in [6.07, 6.45) is 0.995. The van der Waals surface area contributed by atoms with Crippen LogP contribution in [-0.2, 0) is 13.8 Å². The van der Waals surface area contributed by atoms with Crippen molar-refractivity contribution in [1.82, 2.24) is 4.90 Å². The van der Waals surface area contributed by atoms with Crippen LogP contribution >= 0.6 is 7.82 Å². The molecular formula is C10H16N3O6P. The molecule has 9 nitrogen and oxygen atoms in total. The van der Waals surface area contributed by atoms with Gasteiger partial charge in [-0.15, -0.1) is 0 Å². The van der Waals surface area contributed by atoms with Crippen molar-refractivity contribution in [2.75, 3.05) is 6.61 Å². The first kappa shape index (κ1) is 15.2. The normalized spacial score (nSPS) is 30.8. The summed E-state index contributed by atoms with van der Waals surface area (Å²) in [4.78, 5) is 22.5. The lowest BCUT2D eigenvalue weighted by Gasteiger charge is -2.32. The lowest BCUT2D eigenvalue weighted by atomic mass is 10.1. The van der Waals surface area contributed by atoms with Gasteiger partial charge >= 0.3 is 7.82 Å². The zero-order chi connectivity index (χ0) is 14.9. The van der Waals surface area contributed by atoms with E-state index in [9.17, 15) is 9.67 Å². The summed E-state index contributed by atoms with van der Waals surface area (Å²) in [5.41, 5.74) is 6.09. The summed E-state index contributed by atoms with van der Waals surface area (Å²) in [5.74, 6) is 0.193. The lowest BCUT2D eigenvalue weighted by molar-refractivity contribution is -0.0949. The number of hydrogen-bond acceptors (Lipinski definition) is 7. The molecular weight excluding hydrogens is 289 g/mol. The molecule has 0 aromatic carbocycles. The Morgan fingerprint density at radius 1 is 1.65 bits per heavy atom. The number of aliphatic imine (C=N–C) groups is 1. The fourth-order valence-electron chi connectivity index (χ4n) is 1.96. The number of aliphatic hydroxyl groups excluding tert-OH is 1. The van der Waals surface area contributed by atoms with Gasteiger partial charge in [-0.3, -0.25) is 4.52 Å². The number of phosphoric acid groups is 1. The van der Waals surface area contributed by atoms with Crippen LogP contribution in [0.4, 0.5) is 0 Å². The number of phosphoric ester groups is 1. The maximum absolute atomic E-state index is 10.6. The molecule has 0 spiro atoms. The molecule has 2 heterocycles. The Hall–Kier alpha value is -1.22. The summed E-state index contributed by atoms with van der Waals surface area (Å²) >= 11 is 0. The standard InChI is InChI=1S/C10H16N3O6P/c1-6-4-7(5-18-20(15,16)17)19-9(6)13-3-2-8(11)12-10(13)14/h2-3,7,9-10,14H,1,4-5H2,(H2,11,12)(H2,15,16,17)/t7-,9+,10?/m0/s1. The van der Waals surface area contributed by atoms with Crippen LogP contribution in [0.5, 0.6) is 0 Å². The van der Waals surface area contributed by atoms with Gasteiger partial charge in [0.25, 0.3) is 0 Å². The third-order valence-electron chi connectivity index (χ3n) is 2.81. The molecule has 2 aliphatic rings. The second-order valence-electron chi connectivity index (χ2n) is 4.42. The van der Waals surface area contributed by atoms with Crippen molar-refractivity contribution in [3.63, 3.8) is 0 Å². The smallest absolute Gasteiger partial charge is 0.384 e. The van der Waals surface area contributed by atoms with Gasteiger partial charge in [0.1, 0.15) is 5.84 Å². The van der Waals surface area contributed by atoms with Gasteiger partial charge in [0, 0.05) is 12.6 Å². The Bertz CT molecular complexity index is 501. The highest BCUT2D eigenvalue weighted by Crippen LogP contribution is 2.38. The van der Waals surface area contributed by atoms with Crippen molar-refractivity contribution in [3.05, 3.63) is 24.4 Å². The van der Waals surface area contributed by atoms with Gasteiger partial charge in [0.15, 0.2) is 6.23 Å². The highest BCUT2D eigenvalue weighted by molar-refractivity contribution is 7.46. The van der Waals surface area contributed by atoms with Gasteiger partial charge < -0.3 is 30.3 Å². The quantitative estimate of drug-likeness (QED) is 0.392. The van der Waals surface area contributed by atoms with Crippen molar-refractivity contribution in [2.24, 2.45) is 10.7 Å². The van der Waals surface area contributed by atoms with Crippen LogP contribution in [0.15, 0.2) is 29.4 Å². The van der Waals surface area contributed by atoms with E-state index in [0.717, 1.165) is 0 Å². The summed E-state index contributed by atoms with van der Waals surface area (Å²) in [7, 11) is -4.54. The monoisotopic (exact) mass is 305 g/mol. The average molecular weight is 305 g/mol. The number of rotatable bonds is 4. The van der Waals surface area contributed by atoms with Gasteiger partial charge in [-0.05, 0) is 11.6 Å². The first-order valence-electron chi connectivity index (χ1n) is 5.76. The number of nitrogens with two attached hydrogens (primary N) is 1. The number of nitrogens with zero attached hydrogens (tertiary/aromatic N) is 2. The predicted octanol–water partition coefficient (Wildman–Crippen LogP) is -0.771. The first-order chi connectivity index (χ1) is 9.26. The summed E-state index contributed by atoms with van der Waals surface area (Å²) in [5, 5.41) is 9.79. The minimum absolute atomic E-state index is 0.193. The topological polar surface area (TPSA) is 138 Å². The van der Waals surface area contributed by atoms with Crippen LogP contribution in [0.1, 0.15) is 6.42 Å². The molecule has 1 fully saturated rings. The Kier molecular flexibility index (Phi) is 4.28. The molecule has 0 aromatic rings. The van der Waals surface area contributed by atoms with Crippen molar-refractivity contribution in [3.8, 4) is 0 Å². The van der Waals surface area contributed by atoms with E-state index in [2.05, 4.69) is 16.1 Å². The fourth-order valence-corrected chi connectivity index (χ4v) is 2.32. The Balaban J connectivity index is 1.96. The van der Waals surface area contributed by atoms with Crippen LogP contribution in [0.25, 0.3) is 0 Å². The molecule has 10 heteroatoms. The molecule has 20 heavy (non-hydrogen) atoms. The Morgan fingerprint density at radius 2 is 2.35 bits per heavy atom. The van der Waals surface area contributed by atoms with Crippen LogP contribution in [-0.4, -0.2) is 50.9 Å². The van der Waals surface area contributed by atoms with Crippen LogP contribution in [0.2, 0.25) is 0 Å². The molecule has 112 valence electrons. The maximum Gasteiger partial charge on any atom is 0.469 e. The summed E-state index contributed by atoms with van der Waals surface area (Å²) < 4.78 is 20.6. The minimum atomic E-state index is -4.54. The molecule has 0 bridgehead atoms. The molecule has 1 saturated heterocycles. The molecule has 1 unspecified atom stereocenters. The van der Waals surface area contributed by atoms with Gasteiger partial charge in [0.2, 0.25) is 6.35 Å². The number of ether oxygens (including phenoxy) is 1. The summed E-state index contributed by atoms with van der Waals surface area (Å²) in [6.45, 7) is 3.55. The zero-order valence-corrected chi connectivity index (χ0v) is 11.4. The van der Waals surface area contributed by atoms with Gasteiger partial charge in [-0.2, -0.15) is 0 Å². The van der Waals surface area contributed by atoms with E-state index in [1.165, 1.54) is 17.2 Å². The Morgan fingerprint density at radius 3 is 2.95 bits per heavy atom. The second-order valence-corrected chi connectivity index (χ2v) is 5.66. The number of hydrogen-bond donors (Lipinski definition) is 4. The van der Waals surface area contributed by atoms with Crippen molar-refractivity contribution in [1.29, 1.82) is 0 Å². The van der Waals surface area contributed by atoms with Crippen LogP contribution in [0, 0.1) is 0 Å². The maximum atomic E-state index is 10.6. The van der Waals surface area contributed by atoms with E-state index in [1.807, 2.05) is 0 Å². The number of aliphatic hydroxyl groups is 1. The van der Waals surface area contributed by atoms with Gasteiger partial charge in [-0.1, -0.05) is 6.58 Å². The van der Waals surface area contributed by atoms with Crippen LogP contribution in [0.3, 0.4) is 0 Å². The van der Waals surface area contributed by atoms with Crippen molar-refractivity contribution >= 4 is 13.7 Å². The predicted molar refractivity (Wildman–Crippen MR) is 69.0 cm³/mol. The van der Waals surface area contributed by atoms with E-state index >= 15 is 0 Å². The SMILES string of the molecule is C=C1C[C@@H](COP(=O)(O)O)O[C@H]1N1C=CC(N)=NC1O. The molecule has 2 rings (SSSR count). The molecule has 3 atom stereocenters. The summed E-state index contributed by atoms with van der Waals surface area (Å²) in [6, 6.07) is 0. The highest BCUT2D eigenvalue weighted by Gasteiger charge is 2.36. The molecule has 0 aromatic heterocycles.